The van der Waals surface area contributed by atoms with Crippen LogP contribution in [0, 0.1) is 11.2 Å². The molecule has 11 heteroatoms. The molecule has 5 rings (SSSR count). The molecule has 1 aliphatic carbocycles. The summed E-state index contributed by atoms with van der Waals surface area (Å²) < 4.78 is 44.6. The van der Waals surface area contributed by atoms with Gasteiger partial charge in [0.15, 0.2) is 0 Å². The summed E-state index contributed by atoms with van der Waals surface area (Å²) in [6.07, 6.45) is 2.76. The number of hydrogen-bond acceptors (Lipinski definition) is 6. The maximum atomic E-state index is 14.6. The normalized spacial score (nSPS) is 18.9. The number of fused-ring (bicyclic) bond motifs is 3. The summed E-state index contributed by atoms with van der Waals surface area (Å²) in [7, 11) is 1.62. The Bertz CT molecular complexity index is 1660. The Hall–Kier alpha value is -4.15. The lowest BCUT2D eigenvalue weighted by Crippen LogP contribution is -2.59. The molecule has 2 aliphatic rings. The van der Waals surface area contributed by atoms with Gasteiger partial charge in [-0.3, -0.25) is 24.1 Å². The molecule has 198 valence electrons. The van der Waals surface area contributed by atoms with Crippen LogP contribution < -0.4 is 32.5 Å². The molecule has 0 bridgehead atoms. The number of ketones is 1. The van der Waals surface area contributed by atoms with Crippen molar-refractivity contribution in [3.05, 3.63) is 92.2 Å². The third kappa shape index (κ3) is 4.52. The summed E-state index contributed by atoms with van der Waals surface area (Å²) in [5.74, 6) is -6.12. The molecule has 0 amide bonds. The molecule has 2 atom stereocenters. The third-order valence-corrected chi connectivity index (χ3v) is 7.01. The predicted octanol–water partition coefficient (Wildman–Crippen LogP) is 2.34. The lowest BCUT2D eigenvalue weighted by molar-refractivity contribution is 0.0217. The van der Waals surface area contributed by atoms with Gasteiger partial charge in [0.05, 0.1) is 17.6 Å². The van der Waals surface area contributed by atoms with E-state index in [0.29, 0.717) is 23.8 Å². The first-order chi connectivity index (χ1) is 18.1. The third-order valence-electron chi connectivity index (χ3n) is 7.01. The maximum Gasteiger partial charge on any atom is 0.307 e. The highest BCUT2D eigenvalue weighted by Gasteiger charge is 2.36. The van der Waals surface area contributed by atoms with Crippen LogP contribution in [0.2, 0.25) is 0 Å². The Morgan fingerprint density at radius 2 is 1.92 bits per heavy atom. The number of anilines is 1. The van der Waals surface area contributed by atoms with Crippen molar-refractivity contribution in [3.8, 4) is 0 Å². The first-order valence-electron chi connectivity index (χ1n) is 12.3. The minimum Gasteiger partial charge on any atom is -0.367 e. The number of alkyl halides is 2. The number of halogens is 3. The van der Waals surface area contributed by atoms with E-state index in [4.69, 9.17) is 10.4 Å². The standard InChI is InChI=1S/C27H27F3N6O2/c1-27(29,30)22(37)17-12-11-15(13-18(17)28)14-32-24(33-16-7-4-3-5-8-16)21-23(31)36-20-10-6-9-19(20)34-26(36)35(2)25(21)38/h3-5,7-8,11-13,19-20,31-33H,6,9-10,14H2,1-2H3/b24-21-,31-23?/t19-,20+/m1/s1. The van der Waals surface area contributed by atoms with Gasteiger partial charge in [-0.1, -0.05) is 24.3 Å². The van der Waals surface area contributed by atoms with Crippen LogP contribution in [-0.4, -0.2) is 26.9 Å². The molecule has 1 fully saturated rings. The van der Waals surface area contributed by atoms with Gasteiger partial charge in [0, 0.05) is 26.2 Å². The number of rotatable bonds is 7. The van der Waals surface area contributed by atoms with Crippen LogP contribution in [0.5, 0.6) is 0 Å². The topological polar surface area (TPSA) is 104 Å². The van der Waals surface area contributed by atoms with Crippen LogP contribution in [0.1, 0.15) is 48.1 Å². The quantitative estimate of drug-likeness (QED) is 0.413. The highest BCUT2D eigenvalue weighted by Crippen LogP contribution is 2.32. The van der Waals surface area contributed by atoms with E-state index in [1.807, 2.05) is 18.2 Å². The van der Waals surface area contributed by atoms with Crippen LogP contribution >= 0.6 is 0 Å². The second-order valence-corrected chi connectivity index (χ2v) is 9.70. The van der Waals surface area contributed by atoms with Gasteiger partial charge in [0.2, 0.25) is 11.4 Å². The number of carbonyl (C=O) groups is 1. The highest BCUT2D eigenvalue weighted by molar-refractivity contribution is 6.01. The lowest BCUT2D eigenvalue weighted by atomic mass is 10.0. The molecule has 1 aliphatic heterocycles. The fourth-order valence-electron chi connectivity index (χ4n) is 5.09. The number of benzene rings is 2. The van der Waals surface area contributed by atoms with Gasteiger partial charge in [0.25, 0.3) is 5.56 Å². The predicted molar refractivity (Wildman–Crippen MR) is 135 cm³/mol. The highest BCUT2D eigenvalue weighted by atomic mass is 19.3. The summed E-state index contributed by atoms with van der Waals surface area (Å²) in [6, 6.07) is 12.5. The number of Topliss-reactive ketones (excluding diaryl/α,β-unsaturated/α-hetero) is 1. The van der Waals surface area contributed by atoms with Gasteiger partial charge < -0.3 is 10.6 Å². The van der Waals surface area contributed by atoms with Crippen LogP contribution in [0.3, 0.4) is 0 Å². The van der Waals surface area contributed by atoms with Crippen molar-refractivity contribution in [2.45, 2.75) is 50.7 Å². The zero-order chi connectivity index (χ0) is 27.2. The Morgan fingerprint density at radius 3 is 2.61 bits per heavy atom. The van der Waals surface area contributed by atoms with E-state index in [2.05, 4.69) is 10.6 Å². The van der Waals surface area contributed by atoms with Crippen molar-refractivity contribution < 1.29 is 18.0 Å². The number of carbonyl (C=O) groups excluding carboxylic acids is 1. The number of para-hydroxylation sites is 1. The molecule has 2 aromatic carbocycles. The van der Waals surface area contributed by atoms with Crippen molar-refractivity contribution in [2.24, 2.45) is 12.0 Å². The summed E-state index contributed by atoms with van der Waals surface area (Å²) in [5.41, 5.74) is 0.377. The molecule has 2 heterocycles. The first kappa shape index (κ1) is 25.5. The summed E-state index contributed by atoms with van der Waals surface area (Å²) in [5, 5.41) is 15.3. The Kier molecular flexibility index (Phi) is 6.46. The van der Waals surface area contributed by atoms with E-state index in [-0.39, 0.29) is 35.2 Å². The Labute approximate surface area is 215 Å². The maximum absolute atomic E-state index is 14.6. The van der Waals surface area contributed by atoms with Gasteiger partial charge in [-0.2, -0.15) is 8.78 Å². The fraction of sp³-hybridized carbons (Fsp3) is 0.333. The van der Waals surface area contributed by atoms with Crippen LogP contribution in [-0.2, 0) is 13.6 Å². The van der Waals surface area contributed by atoms with E-state index in [1.165, 1.54) is 10.6 Å². The molecule has 1 aromatic heterocycles. The molecule has 0 unspecified atom stereocenters. The second-order valence-electron chi connectivity index (χ2n) is 9.70. The van der Waals surface area contributed by atoms with Gasteiger partial charge in [-0.25, -0.2) is 9.38 Å². The molecule has 1 saturated carbocycles. The monoisotopic (exact) mass is 524 g/mol. The Balaban J connectivity index is 1.58. The second kappa shape index (κ2) is 9.62. The van der Waals surface area contributed by atoms with Gasteiger partial charge in [0.1, 0.15) is 22.3 Å². The van der Waals surface area contributed by atoms with E-state index in [1.54, 1.807) is 23.7 Å². The lowest BCUT2D eigenvalue weighted by Gasteiger charge is -2.17. The number of nitrogens with zero attached hydrogens (tertiary/aromatic N) is 3. The van der Waals surface area contributed by atoms with Gasteiger partial charge in [-0.15, -0.1) is 0 Å². The van der Waals surface area contributed by atoms with Crippen molar-refractivity contribution in [1.82, 2.24) is 14.5 Å². The molecular weight excluding hydrogens is 497 g/mol. The minimum atomic E-state index is -3.69. The molecule has 0 radical (unpaired) electrons. The summed E-state index contributed by atoms with van der Waals surface area (Å²) in [4.78, 5) is 30.0. The number of nitrogens with one attached hydrogen (secondary N) is 3. The zero-order valence-corrected chi connectivity index (χ0v) is 20.9. The van der Waals surface area contributed by atoms with Gasteiger partial charge in [-0.05, 0) is 49.1 Å². The van der Waals surface area contributed by atoms with E-state index in [9.17, 15) is 22.8 Å². The van der Waals surface area contributed by atoms with Crippen molar-refractivity contribution in [3.63, 3.8) is 0 Å². The van der Waals surface area contributed by atoms with Crippen LogP contribution in [0.25, 0.3) is 5.82 Å². The fourth-order valence-corrected chi connectivity index (χ4v) is 5.09. The van der Waals surface area contributed by atoms with Crippen molar-refractivity contribution in [2.75, 3.05) is 5.32 Å². The molecule has 0 spiro atoms. The molecule has 38 heavy (non-hydrogen) atoms. The summed E-state index contributed by atoms with van der Waals surface area (Å²) in [6.45, 7) is 0.416. The zero-order valence-electron chi connectivity index (χ0n) is 20.9. The minimum absolute atomic E-state index is 0.0101. The largest absolute Gasteiger partial charge is 0.367 e. The average Bonchev–Trinajstić information content (AvgIpc) is 3.47. The molecule has 0 saturated heterocycles. The van der Waals surface area contributed by atoms with Gasteiger partial charge >= 0.3 is 5.92 Å². The number of hydrogen-bond donors (Lipinski definition) is 3. The summed E-state index contributed by atoms with van der Waals surface area (Å²) >= 11 is 0. The molecule has 8 nitrogen and oxygen atoms in total. The first-order valence-corrected chi connectivity index (χ1v) is 12.3. The van der Waals surface area contributed by atoms with E-state index < -0.39 is 28.6 Å². The average molecular weight is 525 g/mol. The molecule has 3 aromatic rings. The smallest absolute Gasteiger partial charge is 0.307 e. The van der Waals surface area contributed by atoms with E-state index in [0.717, 1.165) is 31.4 Å². The Morgan fingerprint density at radius 1 is 1.18 bits per heavy atom. The molecular formula is C27H27F3N6O2. The van der Waals surface area contributed by atoms with Crippen molar-refractivity contribution in [1.29, 1.82) is 5.41 Å². The SMILES string of the molecule is Cn1c(=O)/c(=C(/NCc2ccc(C(=O)C(C)(F)F)c(F)c2)Nc2ccccc2)c(=N)n2c1=N[C@@H]1CCC[C@@H]12. The number of aromatic nitrogens is 2. The van der Waals surface area contributed by atoms with Crippen LogP contribution in [0.15, 0.2) is 58.3 Å². The van der Waals surface area contributed by atoms with Crippen molar-refractivity contribution >= 4 is 17.3 Å². The van der Waals surface area contributed by atoms with E-state index >= 15 is 0 Å². The molecule has 3 N–H and O–H groups in total. The van der Waals surface area contributed by atoms with Crippen LogP contribution in [0.4, 0.5) is 18.9 Å².